The lowest BCUT2D eigenvalue weighted by atomic mass is 10.2. The number of hydrogen-bond donors (Lipinski definition) is 2. The van der Waals surface area contributed by atoms with Gasteiger partial charge in [-0.15, -0.1) is 0 Å². The van der Waals surface area contributed by atoms with Gasteiger partial charge in [-0.3, -0.25) is 4.99 Å². The third-order valence-corrected chi connectivity index (χ3v) is 5.15. The van der Waals surface area contributed by atoms with Crippen molar-refractivity contribution in [1.29, 1.82) is 0 Å². The minimum Gasteiger partial charge on any atom is -0.493 e. The highest BCUT2D eigenvalue weighted by Gasteiger charge is 2.18. The Hall–Kier alpha value is -3.09. The number of aliphatic imine (C=N–C) groups is 1. The van der Waals surface area contributed by atoms with Crippen molar-refractivity contribution in [2.75, 3.05) is 33.7 Å². The third-order valence-electron chi connectivity index (χ3n) is 5.15. The Labute approximate surface area is 178 Å². The maximum absolute atomic E-state index is 6.19. The smallest absolute Gasteiger partial charge is 0.195 e. The van der Waals surface area contributed by atoms with Crippen molar-refractivity contribution in [3.05, 3.63) is 42.0 Å². The second-order valence-electron chi connectivity index (χ2n) is 7.13. The molecule has 30 heavy (non-hydrogen) atoms. The van der Waals surface area contributed by atoms with Crippen LogP contribution < -0.4 is 29.6 Å². The van der Waals surface area contributed by atoms with Crippen molar-refractivity contribution in [3.8, 4) is 23.0 Å². The van der Waals surface area contributed by atoms with Crippen molar-refractivity contribution in [2.24, 2.45) is 4.99 Å². The Morgan fingerprint density at radius 1 is 0.900 bits per heavy atom. The van der Waals surface area contributed by atoms with Gasteiger partial charge in [-0.05, 0) is 55.5 Å². The van der Waals surface area contributed by atoms with Crippen LogP contribution in [0.1, 0.15) is 31.2 Å². The summed E-state index contributed by atoms with van der Waals surface area (Å²) >= 11 is 0. The first-order valence-corrected chi connectivity index (χ1v) is 10.2. The van der Waals surface area contributed by atoms with Crippen LogP contribution in [0.4, 0.5) is 5.69 Å². The lowest BCUT2D eigenvalue weighted by molar-refractivity contribution is 0.200. The minimum atomic E-state index is 0.279. The number of nitrogens with zero attached hydrogens (tertiary/aromatic N) is 1. The molecule has 7 heteroatoms. The summed E-state index contributed by atoms with van der Waals surface area (Å²) in [5.74, 6) is 3.54. The summed E-state index contributed by atoms with van der Waals surface area (Å²) in [6.45, 7) is 0.595. The third kappa shape index (κ3) is 5.49. The number of ether oxygens (including phenoxy) is 4. The van der Waals surface area contributed by atoms with E-state index in [4.69, 9.17) is 18.9 Å². The van der Waals surface area contributed by atoms with Crippen LogP contribution >= 0.6 is 0 Å². The Morgan fingerprint density at radius 2 is 1.57 bits per heavy atom. The molecule has 0 aliphatic heterocycles. The molecule has 0 radical (unpaired) electrons. The van der Waals surface area contributed by atoms with Crippen molar-refractivity contribution in [3.63, 3.8) is 0 Å². The molecule has 7 nitrogen and oxygen atoms in total. The van der Waals surface area contributed by atoms with Gasteiger partial charge in [0.15, 0.2) is 29.0 Å². The number of nitrogens with one attached hydrogen (secondary N) is 2. The molecule has 0 unspecified atom stereocenters. The van der Waals surface area contributed by atoms with Gasteiger partial charge < -0.3 is 29.6 Å². The Bertz CT molecular complexity index is 864. The largest absolute Gasteiger partial charge is 0.493 e. The van der Waals surface area contributed by atoms with Gasteiger partial charge in [0.05, 0.1) is 27.4 Å². The highest BCUT2D eigenvalue weighted by atomic mass is 16.5. The monoisotopic (exact) mass is 413 g/mol. The van der Waals surface area contributed by atoms with Gasteiger partial charge >= 0.3 is 0 Å². The topological polar surface area (TPSA) is 73.3 Å². The Balaban J connectivity index is 1.64. The molecule has 0 atom stereocenters. The molecule has 0 spiro atoms. The number of guanidine groups is 1. The summed E-state index contributed by atoms with van der Waals surface area (Å²) in [4.78, 5) is 4.30. The van der Waals surface area contributed by atoms with E-state index in [2.05, 4.69) is 15.6 Å². The van der Waals surface area contributed by atoms with E-state index in [-0.39, 0.29) is 6.10 Å². The van der Waals surface area contributed by atoms with E-state index in [1.165, 1.54) is 12.8 Å². The molecular formula is C23H31N3O4. The van der Waals surface area contributed by atoms with E-state index in [9.17, 15) is 0 Å². The van der Waals surface area contributed by atoms with Gasteiger partial charge in [0.1, 0.15) is 0 Å². The molecule has 0 amide bonds. The van der Waals surface area contributed by atoms with Gasteiger partial charge in [-0.1, -0.05) is 6.07 Å². The summed E-state index contributed by atoms with van der Waals surface area (Å²) in [7, 11) is 6.64. The maximum Gasteiger partial charge on any atom is 0.195 e. The van der Waals surface area contributed by atoms with Crippen LogP contribution in [0, 0.1) is 0 Å². The first-order valence-electron chi connectivity index (χ1n) is 10.2. The summed E-state index contributed by atoms with van der Waals surface area (Å²) in [5.41, 5.74) is 1.93. The molecule has 1 fully saturated rings. The molecule has 2 N–H and O–H groups in total. The first-order chi connectivity index (χ1) is 14.7. The molecule has 0 bridgehead atoms. The van der Waals surface area contributed by atoms with Gasteiger partial charge in [-0.25, -0.2) is 0 Å². The van der Waals surface area contributed by atoms with Gasteiger partial charge in [0.25, 0.3) is 0 Å². The van der Waals surface area contributed by atoms with E-state index in [0.29, 0.717) is 24.0 Å². The fraction of sp³-hybridized carbons (Fsp3) is 0.435. The molecule has 3 rings (SSSR count). The van der Waals surface area contributed by atoms with Crippen molar-refractivity contribution < 1.29 is 18.9 Å². The average Bonchev–Trinajstić information content (AvgIpc) is 3.29. The zero-order chi connectivity index (χ0) is 21.3. The number of methoxy groups -OCH3 is 3. The van der Waals surface area contributed by atoms with E-state index in [1.54, 1.807) is 28.4 Å². The van der Waals surface area contributed by atoms with Crippen LogP contribution in [0.15, 0.2) is 41.4 Å². The van der Waals surface area contributed by atoms with E-state index in [0.717, 1.165) is 35.6 Å². The summed E-state index contributed by atoms with van der Waals surface area (Å²) < 4.78 is 22.3. The molecule has 0 heterocycles. The lowest BCUT2D eigenvalue weighted by Crippen LogP contribution is -2.30. The molecule has 1 aliphatic rings. The fourth-order valence-corrected chi connectivity index (χ4v) is 3.52. The zero-order valence-corrected chi connectivity index (χ0v) is 18.2. The maximum atomic E-state index is 6.19. The lowest BCUT2D eigenvalue weighted by Gasteiger charge is -2.18. The summed E-state index contributed by atoms with van der Waals surface area (Å²) in [6, 6.07) is 11.6. The average molecular weight is 414 g/mol. The molecule has 1 saturated carbocycles. The molecule has 0 aromatic heterocycles. The number of hydrogen-bond acceptors (Lipinski definition) is 5. The van der Waals surface area contributed by atoms with E-state index >= 15 is 0 Å². The van der Waals surface area contributed by atoms with Gasteiger partial charge in [-0.2, -0.15) is 0 Å². The highest BCUT2D eigenvalue weighted by molar-refractivity contribution is 5.93. The van der Waals surface area contributed by atoms with E-state index in [1.807, 2.05) is 36.4 Å². The van der Waals surface area contributed by atoms with Crippen LogP contribution in [0.25, 0.3) is 0 Å². The predicted octanol–water partition coefficient (Wildman–Crippen LogP) is 4.22. The molecule has 2 aromatic carbocycles. The predicted molar refractivity (Wildman–Crippen MR) is 119 cm³/mol. The fourth-order valence-electron chi connectivity index (χ4n) is 3.52. The van der Waals surface area contributed by atoms with E-state index < -0.39 is 0 Å². The molecule has 1 aliphatic carbocycles. The quantitative estimate of drug-likeness (QED) is 0.499. The molecular weight excluding hydrogens is 382 g/mol. The molecule has 0 saturated heterocycles. The minimum absolute atomic E-state index is 0.279. The SMILES string of the molecule is CN=C(NCc1ccc(OC)c(OC2CCCC2)c1)Nc1ccc(OC)c(OC)c1. The molecule has 2 aromatic rings. The second kappa shape index (κ2) is 10.6. The highest BCUT2D eigenvalue weighted by Crippen LogP contribution is 2.32. The van der Waals surface area contributed by atoms with Crippen LogP contribution in [0.5, 0.6) is 23.0 Å². The van der Waals surface area contributed by atoms with Crippen LogP contribution in [-0.4, -0.2) is 40.4 Å². The standard InChI is InChI=1S/C23H31N3O4/c1-24-23(26-17-10-12-19(27-2)21(14-17)29-4)25-15-16-9-11-20(28-3)22(13-16)30-18-7-5-6-8-18/h9-14,18H,5-8,15H2,1-4H3,(H2,24,25,26). The van der Waals surface area contributed by atoms with Crippen LogP contribution in [0.2, 0.25) is 0 Å². The summed E-state index contributed by atoms with van der Waals surface area (Å²) in [6.07, 6.45) is 4.95. The van der Waals surface area contributed by atoms with Crippen LogP contribution in [0.3, 0.4) is 0 Å². The molecule has 162 valence electrons. The first kappa shape index (κ1) is 21.6. The summed E-state index contributed by atoms with van der Waals surface area (Å²) in [5, 5.41) is 6.60. The Kier molecular flexibility index (Phi) is 7.65. The number of benzene rings is 2. The van der Waals surface area contributed by atoms with Crippen LogP contribution in [-0.2, 0) is 6.54 Å². The number of rotatable bonds is 8. The van der Waals surface area contributed by atoms with Crippen molar-refractivity contribution >= 4 is 11.6 Å². The van der Waals surface area contributed by atoms with Gasteiger partial charge in [0, 0.05) is 25.3 Å². The Morgan fingerprint density at radius 3 is 2.23 bits per heavy atom. The second-order valence-corrected chi connectivity index (χ2v) is 7.13. The van der Waals surface area contributed by atoms with Crippen molar-refractivity contribution in [2.45, 2.75) is 38.3 Å². The van der Waals surface area contributed by atoms with Gasteiger partial charge in [0.2, 0.25) is 0 Å². The van der Waals surface area contributed by atoms with Crippen molar-refractivity contribution in [1.82, 2.24) is 5.32 Å². The zero-order valence-electron chi connectivity index (χ0n) is 18.2. The normalized spacial score (nSPS) is 14.3. The number of anilines is 1.